The van der Waals surface area contributed by atoms with Crippen LogP contribution in [0, 0.1) is 0 Å². The van der Waals surface area contributed by atoms with E-state index in [2.05, 4.69) is 13.2 Å². The van der Waals surface area contributed by atoms with Crippen molar-refractivity contribution in [2.24, 2.45) is 0 Å². The summed E-state index contributed by atoms with van der Waals surface area (Å²) in [4.78, 5) is 46.9. The molecular weight excluding hydrogens is 508 g/mol. The molecule has 0 N–H and O–H groups in total. The highest BCUT2D eigenvalue weighted by molar-refractivity contribution is 5.93. The third-order valence-electron chi connectivity index (χ3n) is 5.09. The minimum atomic E-state index is -0.614. The molecule has 0 saturated heterocycles. The molecule has 0 spiro atoms. The molecule has 10 heteroatoms. The van der Waals surface area contributed by atoms with Gasteiger partial charge in [0.25, 0.3) is 0 Å². The number of rotatable bonds is 17. The van der Waals surface area contributed by atoms with Crippen LogP contribution in [0.1, 0.15) is 46.4 Å². The molecule has 39 heavy (non-hydrogen) atoms. The number of hydrogen-bond donors (Lipinski definition) is 0. The summed E-state index contributed by atoms with van der Waals surface area (Å²) in [5.41, 5.74) is 0.521. The predicted molar refractivity (Wildman–Crippen MR) is 141 cm³/mol. The number of methoxy groups -OCH3 is 1. The molecule has 0 fully saturated rings. The Hall–Kier alpha value is -4.60. The molecule has 0 aromatic heterocycles. The summed E-state index contributed by atoms with van der Waals surface area (Å²) < 4.78 is 31.3. The molecule has 0 aliphatic heterocycles. The van der Waals surface area contributed by atoms with E-state index in [4.69, 9.17) is 28.4 Å². The first-order valence-corrected chi connectivity index (χ1v) is 12.3. The van der Waals surface area contributed by atoms with Gasteiger partial charge in [-0.3, -0.25) is 0 Å². The van der Waals surface area contributed by atoms with E-state index in [9.17, 15) is 19.2 Å². The van der Waals surface area contributed by atoms with E-state index in [1.807, 2.05) is 0 Å². The Bertz CT molecular complexity index is 1140. The van der Waals surface area contributed by atoms with Crippen molar-refractivity contribution in [2.75, 3.05) is 33.5 Å². The lowest BCUT2D eigenvalue weighted by atomic mass is 10.2. The maximum atomic E-state index is 12.6. The van der Waals surface area contributed by atoms with Crippen LogP contribution in [0.15, 0.2) is 67.8 Å². The number of unbranched alkanes of at least 4 members (excludes halogenated alkanes) is 2. The van der Waals surface area contributed by atoms with Gasteiger partial charge in [0.05, 0.1) is 44.7 Å². The monoisotopic (exact) mass is 540 g/mol. The van der Waals surface area contributed by atoms with Gasteiger partial charge < -0.3 is 28.4 Å². The number of esters is 4. The van der Waals surface area contributed by atoms with Gasteiger partial charge in [0, 0.05) is 12.2 Å². The molecule has 2 aromatic carbocycles. The molecule has 0 amide bonds. The van der Waals surface area contributed by atoms with Crippen LogP contribution in [0.5, 0.6) is 17.2 Å². The molecule has 2 rings (SSSR count). The maximum absolute atomic E-state index is 12.6. The highest BCUT2D eigenvalue weighted by Gasteiger charge is 2.16. The second kappa shape index (κ2) is 17.0. The lowest BCUT2D eigenvalue weighted by Gasteiger charge is -2.11. The minimum absolute atomic E-state index is 0.139. The Morgan fingerprint density at radius 1 is 0.667 bits per heavy atom. The van der Waals surface area contributed by atoms with Crippen molar-refractivity contribution in [3.8, 4) is 17.2 Å². The molecule has 0 bridgehead atoms. The number of carbonyl (C=O) groups excluding carboxylic acids is 4. The van der Waals surface area contributed by atoms with E-state index < -0.39 is 23.9 Å². The van der Waals surface area contributed by atoms with Crippen LogP contribution in [0.2, 0.25) is 0 Å². The van der Waals surface area contributed by atoms with Gasteiger partial charge >= 0.3 is 23.9 Å². The fourth-order valence-corrected chi connectivity index (χ4v) is 3.03. The Balaban J connectivity index is 1.81. The van der Waals surface area contributed by atoms with E-state index >= 15 is 0 Å². The minimum Gasteiger partial charge on any atom is -0.494 e. The van der Waals surface area contributed by atoms with E-state index in [0.717, 1.165) is 12.2 Å². The van der Waals surface area contributed by atoms with Crippen LogP contribution >= 0.6 is 0 Å². The fourth-order valence-electron chi connectivity index (χ4n) is 3.03. The van der Waals surface area contributed by atoms with Crippen LogP contribution in [0.4, 0.5) is 0 Å². The van der Waals surface area contributed by atoms with Crippen molar-refractivity contribution in [3.05, 3.63) is 78.9 Å². The smallest absolute Gasteiger partial charge is 0.343 e. The molecule has 0 aliphatic carbocycles. The van der Waals surface area contributed by atoms with Crippen molar-refractivity contribution >= 4 is 23.9 Å². The number of hydrogen-bond acceptors (Lipinski definition) is 10. The van der Waals surface area contributed by atoms with Crippen LogP contribution in [-0.4, -0.2) is 57.4 Å². The molecule has 0 aliphatic rings. The summed E-state index contributed by atoms with van der Waals surface area (Å²) in [6.07, 6.45) is 4.58. The van der Waals surface area contributed by atoms with Gasteiger partial charge in [-0.2, -0.15) is 0 Å². The van der Waals surface area contributed by atoms with Crippen molar-refractivity contribution < 1.29 is 47.6 Å². The standard InChI is InChI=1S/C29H32O10/c1-4-26(30)36-17-7-6-16-35-23-13-10-21(11-14-23)29(33)39-24-15-12-22(20-25(24)34-3)28(32)38-19-9-8-18-37-27(31)5-2/h4-5,10-15,20H,1-2,6-9,16-19H2,3H3. The van der Waals surface area contributed by atoms with Crippen molar-refractivity contribution in [3.63, 3.8) is 0 Å². The highest BCUT2D eigenvalue weighted by atomic mass is 16.6. The SMILES string of the molecule is C=CC(=O)OCCCCOC(=O)c1ccc(OC(=O)c2ccc(OCCCCOC(=O)C=C)cc2)c(OC)c1. The number of ether oxygens (including phenoxy) is 6. The highest BCUT2D eigenvalue weighted by Crippen LogP contribution is 2.29. The van der Waals surface area contributed by atoms with Gasteiger partial charge in [-0.05, 0) is 68.1 Å². The quantitative estimate of drug-likeness (QED) is 0.0933. The third kappa shape index (κ3) is 11.1. The van der Waals surface area contributed by atoms with Gasteiger partial charge in [0.1, 0.15) is 5.75 Å². The van der Waals surface area contributed by atoms with Crippen LogP contribution in [0.3, 0.4) is 0 Å². The molecule has 0 radical (unpaired) electrons. The molecule has 2 aromatic rings. The zero-order chi connectivity index (χ0) is 28.5. The summed E-state index contributed by atoms with van der Waals surface area (Å²) in [7, 11) is 1.39. The topological polar surface area (TPSA) is 124 Å². The Morgan fingerprint density at radius 2 is 1.21 bits per heavy atom. The average Bonchev–Trinajstić information content (AvgIpc) is 2.96. The fraction of sp³-hybridized carbons (Fsp3) is 0.310. The third-order valence-corrected chi connectivity index (χ3v) is 5.09. The molecule has 0 saturated carbocycles. The average molecular weight is 541 g/mol. The van der Waals surface area contributed by atoms with E-state index in [1.165, 1.54) is 25.3 Å². The van der Waals surface area contributed by atoms with E-state index in [1.54, 1.807) is 24.3 Å². The molecule has 0 heterocycles. The first kappa shape index (κ1) is 30.6. The van der Waals surface area contributed by atoms with Crippen molar-refractivity contribution in [1.29, 1.82) is 0 Å². The number of carbonyl (C=O) groups is 4. The van der Waals surface area contributed by atoms with Crippen molar-refractivity contribution in [1.82, 2.24) is 0 Å². The summed E-state index contributed by atoms with van der Waals surface area (Å²) >= 11 is 0. The number of benzene rings is 2. The lowest BCUT2D eigenvalue weighted by Crippen LogP contribution is -2.11. The maximum Gasteiger partial charge on any atom is 0.343 e. The zero-order valence-electron chi connectivity index (χ0n) is 21.8. The second-order valence-corrected chi connectivity index (χ2v) is 7.92. The molecular formula is C29H32O10. The van der Waals surface area contributed by atoms with Gasteiger partial charge in [-0.15, -0.1) is 0 Å². The predicted octanol–water partition coefficient (Wildman–Crippen LogP) is 4.47. The summed E-state index contributed by atoms with van der Waals surface area (Å²) in [6.45, 7) is 7.71. The Morgan fingerprint density at radius 3 is 1.77 bits per heavy atom. The molecule has 208 valence electrons. The Kier molecular flexibility index (Phi) is 13.4. The summed E-state index contributed by atoms with van der Waals surface area (Å²) in [6, 6.07) is 10.8. The van der Waals surface area contributed by atoms with Crippen molar-refractivity contribution in [2.45, 2.75) is 25.7 Å². The molecule has 0 atom stereocenters. The van der Waals surface area contributed by atoms with Crippen LogP contribution < -0.4 is 14.2 Å². The van der Waals surface area contributed by atoms with Gasteiger partial charge in [-0.1, -0.05) is 13.2 Å². The second-order valence-electron chi connectivity index (χ2n) is 7.92. The largest absolute Gasteiger partial charge is 0.494 e. The first-order chi connectivity index (χ1) is 18.9. The van der Waals surface area contributed by atoms with Crippen LogP contribution in [-0.2, 0) is 23.8 Å². The van der Waals surface area contributed by atoms with Gasteiger partial charge in [-0.25, -0.2) is 19.2 Å². The first-order valence-electron chi connectivity index (χ1n) is 12.3. The normalized spacial score (nSPS) is 10.1. The zero-order valence-corrected chi connectivity index (χ0v) is 21.8. The summed E-state index contributed by atoms with van der Waals surface area (Å²) in [5.74, 6) is -1.23. The van der Waals surface area contributed by atoms with E-state index in [0.29, 0.717) is 50.2 Å². The molecule has 10 nitrogen and oxygen atoms in total. The van der Waals surface area contributed by atoms with E-state index in [-0.39, 0.29) is 30.3 Å². The van der Waals surface area contributed by atoms with Crippen LogP contribution in [0.25, 0.3) is 0 Å². The Labute approximate surface area is 227 Å². The van der Waals surface area contributed by atoms with Gasteiger partial charge in [0.15, 0.2) is 11.5 Å². The lowest BCUT2D eigenvalue weighted by molar-refractivity contribution is -0.138. The summed E-state index contributed by atoms with van der Waals surface area (Å²) in [5, 5.41) is 0. The molecule has 0 unspecified atom stereocenters. The van der Waals surface area contributed by atoms with Gasteiger partial charge in [0.2, 0.25) is 0 Å².